The van der Waals surface area contributed by atoms with Crippen LogP contribution in [0.4, 0.5) is 0 Å². The Balaban J connectivity index is 1.64. The van der Waals surface area contributed by atoms with Gasteiger partial charge in [0.2, 0.25) is 5.91 Å². The van der Waals surface area contributed by atoms with Gasteiger partial charge in [0, 0.05) is 12.6 Å². The average molecular weight is 252 g/mol. The minimum Gasteiger partial charge on any atom is -0.379 e. The molecule has 4 atom stereocenters. The van der Waals surface area contributed by atoms with Crippen LogP contribution in [0.5, 0.6) is 0 Å². The summed E-state index contributed by atoms with van der Waals surface area (Å²) in [4.78, 5) is 12.1. The Morgan fingerprint density at radius 2 is 2.17 bits per heavy atom. The van der Waals surface area contributed by atoms with Gasteiger partial charge in [-0.15, -0.1) is 6.58 Å². The Morgan fingerprint density at radius 3 is 2.83 bits per heavy atom. The van der Waals surface area contributed by atoms with E-state index in [2.05, 4.69) is 11.9 Å². The van der Waals surface area contributed by atoms with Crippen LogP contribution in [0.3, 0.4) is 0 Å². The summed E-state index contributed by atoms with van der Waals surface area (Å²) in [7, 11) is 0. The van der Waals surface area contributed by atoms with E-state index in [4.69, 9.17) is 10.5 Å². The molecule has 4 unspecified atom stereocenters. The minimum atomic E-state index is 0.0388. The van der Waals surface area contributed by atoms with Crippen molar-refractivity contribution < 1.29 is 9.53 Å². The lowest BCUT2D eigenvalue weighted by molar-refractivity contribution is -0.127. The lowest BCUT2D eigenvalue weighted by atomic mass is 9.84. The quantitative estimate of drug-likeness (QED) is 0.526. The second kappa shape index (κ2) is 6.34. The average Bonchev–Trinajstić information content (AvgIpc) is 2.94. The Labute approximate surface area is 109 Å². The van der Waals surface area contributed by atoms with E-state index in [-0.39, 0.29) is 17.9 Å². The van der Waals surface area contributed by atoms with Gasteiger partial charge in [0.05, 0.1) is 19.1 Å². The van der Waals surface area contributed by atoms with Crippen molar-refractivity contribution in [1.82, 2.24) is 5.32 Å². The summed E-state index contributed by atoms with van der Waals surface area (Å²) >= 11 is 0. The lowest BCUT2D eigenvalue weighted by Gasteiger charge is -2.26. The molecule has 2 rings (SSSR count). The number of nitrogens with one attached hydrogen (secondary N) is 1. The zero-order valence-electron chi connectivity index (χ0n) is 10.9. The molecular weight excluding hydrogens is 228 g/mol. The van der Waals surface area contributed by atoms with E-state index in [1.165, 1.54) is 12.8 Å². The van der Waals surface area contributed by atoms with Crippen molar-refractivity contribution in [2.45, 2.75) is 31.7 Å². The number of ether oxygens (including phenoxy) is 1. The predicted octanol–water partition coefficient (Wildman–Crippen LogP) is 1.07. The standard InChI is InChI=1S/C14H24N2O2/c1-2-3-7-18-8-6-16-14(17)12-10-4-5-11(9-10)13(12)15/h2,10-13H,1,3-9,15H2,(H,16,17). The molecule has 0 aromatic carbocycles. The first-order valence-electron chi connectivity index (χ1n) is 6.96. The zero-order valence-corrected chi connectivity index (χ0v) is 10.9. The lowest BCUT2D eigenvalue weighted by Crippen LogP contribution is -2.45. The molecule has 1 amide bonds. The van der Waals surface area contributed by atoms with Crippen molar-refractivity contribution in [3.05, 3.63) is 12.7 Å². The second-order valence-electron chi connectivity index (χ2n) is 5.42. The van der Waals surface area contributed by atoms with Crippen molar-refractivity contribution in [3.63, 3.8) is 0 Å². The topological polar surface area (TPSA) is 64.3 Å². The molecule has 0 spiro atoms. The van der Waals surface area contributed by atoms with Gasteiger partial charge in [-0.2, -0.15) is 0 Å². The fourth-order valence-electron chi connectivity index (χ4n) is 3.36. The molecule has 0 aromatic heterocycles. The Morgan fingerprint density at radius 1 is 1.39 bits per heavy atom. The molecular formula is C14H24N2O2. The smallest absolute Gasteiger partial charge is 0.225 e. The minimum absolute atomic E-state index is 0.0388. The highest BCUT2D eigenvalue weighted by atomic mass is 16.5. The summed E-state index contributed by atoms with van der Waals surface area (Å²) in [6.07, 6.45) is 6.21. The van der Waals surface area contributed by atoms with Crippen LogP contribution in [-0.4, -0.2) is 31.7 Å². The van der Waals surface area contributed by atoms with Crippen LogP contribution in [0.1, 0.15) is 25.7 Å². The molecule has 2 saturated carbocycles. The van der Waals surface area contributed by atoms with E-state index in [1.807, 2.05) is 6.08 Å². The van der Waals surface area contributed by atoms with E-state index < -0.39 is 0 Å². The van der Waals surface area contributed by atoms with Gasteiger partial charge in [0.15, 0.2) is 0 Å². The normalized spacial score (nSPS) is 33.6. The van der Waals surface area contributed by atoms with Gasteiger partial charge in [0.25, 0.3) is 0 Å². The van der Waals surface area contributed by atoms with Gasteiger partial charge in [-0.05, 0) is 37.5 Å². The van der Waals surface area contributed by atoms with Crippen LogP contribution in [0.25, 0.3) is 0 Å². The number of nitrogens with two attached hydrogens (primary N) is 1. The molecule has 0 heterocycles. The number of hydrogen-bond donors (Lipinski definition) is 2. The fraction of sp³-hybridized carbons (Fsp3) is 0.786. The molecule has 18 heavy (non-hydrogen) atoms. The summed E-state index contributed by atoms with van der Waals surface area (Å²) in [5.41, 5.74) is 6.13. The maximum atomic E-state index is 12.1. The first kappa shape index (κ1) is 13.6. The number of fused-ring (bicyclic) bond motifs is 2. The fourth-order valence-corrected chi connectivity index (χ4v) is 3.36. The van der Waals surface area contributed by atoms with Crippen LogP contribution >= 0.6 is 0 Å². The third-order valence-electron chi connectivity index (χ3n) is 4.30. The van der Waals surface area contributed by atoms with Crippen LogP contribution < -0.4 is 11.1 Å². The number of carbonyl (C=O) groups is 1. The summed E-state index contributed by atoms with van der Waals surface area (Å²) in [6, 6.07) is 0.0745. The zero-order chi connectivity index (χ0) is 13.0. The third kappa shape index (κ3) is 2.93. The molecule has 2 fully saturated rings. The molecule has 4 heteroatoms. The molecule has 0 aromatic rings. The van der Waals surface area contributed by atoms with Crippen molar-refractivity contribution in [1.29, 1.82) is 0 Å². The molecule has 0 saturated heterocycles. The SMILES string of the molecule is C=CCCOCCNC(=O)C1C2CCC(C2)C1N. The highest BCUT2D eigenvalue weighted by molar-refractivity contribution is 5.80. The first-order valence-corrected chi connectivity index (χ1v) is 6.96. The molecule has 4 nitrogen and oxygen atoms in total. The van der Waals surface area contributed by atoms with E-state index in [0.29, 0.717) is 31.6 Å². The summed E-state index contributed by atoms with van der Waals surface area (Å²) in [6.45, 7) is 5.44. The summed E-state index contributed by atoms with van der Waals surface area (Å²) in [5, 5.41) is 2.95. The van der Waals surface area contributed by atoms with Gasteiger partial charge in [0.1, 0.15) is 0 Å². The van der Waals surface area contributed by atoms with Crippen molar-refractivity contribution in [3.8, 4) is 0 Å². The predicted molar refractivity (Wildman–Crippen MR) is 70.9 cm³/mol. The number of rotatable bonds is 7. The highest BCUT2D eigenvalue weighted by Gasteiger charge is 2.48. The van der Waals surface area contributed by atoms with Gasteiger partial charge >= 0.3 is 0 Å². The van der Waals surface area contributed by atoms with Gasteiger partial charge in [-0.3, -0.25) is 4.79 Å². The van der Waals surface area contributed by atoms with Crippen molar-refractivity contribution >= 4 is 5.91 Å². The molecule has 2 aliphatic rings. The highest BCUT2D eigenvalue weighted by Crippen LogP contribution is 2.47. The Kier molecular flexibility index (Phi) is 4.78. The van der Waals surface area contributed by atoms with Crippen LogP contribution in [-0.2, 0) is 9.53 Å². The maximum Gasteiger partial charge on any atom is 0.225 e. The Bertz CT molecular complexity index is 304. The van der Waals surface area contributed by atoms with Crippen LogP contribution in [0.2, 0.25) is 0 Å². The molecule has 2 aliphatic carbocycles. The number of carbonyl (C=O) groups excluding carboxylic acids is 1. The summed E-state index contributed by atoms with van der Waals surface area (Å²) < 4.78 is 5.36. The molecule has 2 bridgehead atoms. The van der Waals surface area contributed by atoms with E-state index in [0.717, 1.165) is 12.8 Å². The van der Waals surface area contributed by atoms with Gasteiger partial charge in [-0.25, -0.2) is 0 Å². The number of hydrogen-bond acceptors (Lipinski definition) is 3. The molecule has 0 radical (unpaired) electrons. The van der Waals surface area contributed by atoms with E-state index in [1.54, 1.807) is 0 Å². The largest absolute Gasteiger partial charge is 0.379 e. The molecule has 102 valence electrons. The first-order chi connectivity index (χ1) is 8.74. The number of amides is 1. The Hall–Kier alpha value is -0.870. The molecule has 0 aliphatic heterocycles. The van der Waals surface area contributed by atoms with E-state index in [9.17, 15) is 4.79 Å². The van der Waals surface area contributed by atoms with Gasteiger partial charge in [-0.1, -0.05) is 6.08 Å². The van der Waals surface area contributed by atoms with Crippen LogP contribution in [0, 0.1) is 17.8 Å². The van der Waals surface area contributed by atoms with Gasteiger partial charge < -0.3 is 15.8 Å². The van der Waals surface area contributed by atoms with Crippen molar-refractivity contribution in [2.24, 2.45) is 23.5 Å². The summed E-state index contributed by atoms with van der Waals surface area (Å²) in [5.74, 6) is 1.26. The maximum absolute atomic E-state index is 12.1. The van der Waals surface area contributed by atoms with Crippen LogP contribution in [0.15, 0.2) is 12.7 Å². The second-order valence-corrected chi connectivity index (χ2v) is 5.42. The monoisotopic (exact) mass is 252 g/mol. The van der Waals surface area contributed by atoms with E-state index >= 15 is 0 Å². The van der Waals surface area contributed by atoms with Crippen molar-refractivity contribution in [2.75, 3.05) is 19.8 Å². The third-order valence-corrected chi connectivity index (χ3v) is 4.30. The molecule has 3 N–H and O–H groups in total.